The minimum absolute atomic E-state index is 0.0442. The Morgan fingerprint density at radius 2 is 2.29 bits per heavy atom. The average Bonchev–Trinajstić information content (AvgIpc) is 2.33. The van der Waals surface area contributed by atoms with E-state index in [0.717, 1.165) is 23.9 Å². The minimum atomic E-state index is 0.0442. The molecule has 0 unspecified atom stereocenters. The molecule has 0 radical (unpaired) electrons. The number of unbranched alkanes of at least 4 members (excludes halogenated alkanes) is 1. The molecule has 2 rings (SSSR count). The molecule has 0 spiro atoms. The van der Waals surface area contributed by atoms with E-state index in [9.17, 15) is 4.79 Å². The Labute approximate surface area is 100 Å². The second kappa shape index (κ2) is 4.95. The molecule has 17 heavy (non-hydrogen) atoms. The Morgan fingerprint density at radius 1 is 1.47 bits per heavy atom. The van der Waals surface area contributed by atoms with Gasteiger partial charge in [-0.15, -0.1) is 6.58 Å². The van der Waals surface area contributed by atoms with E-state index >= 15 is 0 Å². The van der Waals surface area contributed by atoms with E-state index < -0.39 is 0 Å². The molecular weight excluding hydrogens is 212 g/mol. The van der Waals surface area contributed by atoms with E-state index in [1.807, 2.05) is 31.2 Å². The third-order valence-electron chi connectivity index (χ3n) is 2.79. The third-order valence-corrected chi connectivity index (χ3v) is 2.79. The molecule has 0 aliphatic carbocycles. The van der Waals surface area contributed by atoms with Crippen LogP contribution >= 0.6 is 0 Å². The van der Waals surface area contributed by atoms with Crippen LogP contribution in [-0.4, -0.2) is 9.55 Å². The molecule has 0 aliphatic rings. The Morgan fingerprint density at radius 3 is 3.06 bits per heavy atom. The summed E-state index contributed by atoms with van der Waals surface area (Å²) in [6, 6.07) is 5.76. The molecule has 0 saturated carbocycles. The van der Waals surface area contributed by atoms with Gasteiger partial charge in [0.15, 0.2) is 0 Å². The molecule has 3 heteroatoms. The van der Waals surface area contributed by atoms with Crippen molar-refractivity contribution in [3.63, 3.8) is 0 Å². The summed E-state index contributed by atoms with van der Waals surface area (Å²) in [4.78, 5) is 16.5. The molecule has 88 valence electrons. The van der Waals surface area contributed by atoms with Crippen molar-refractivity contribution >= 4 is 10.9 Å². The fourth-order valence-corrected chi connectivity index (χ4v) is 1.84. The van der Waals surface area contributed by atoms with E-state index in [-0.39, 0.29) is 5.56 Å². The van der Waals surface area contributed by atoms with Crippen molar-refractivity contribution in [2.24, 2.45) is 0 Å². The van der Waals surface area contributed by atoms with Crippen LogP contribution in [0.1, 0.15) is 18.4 Å². The fourth-order valence-electron chi connectivity index (χ4n) is 1.84. The number of aryl methyl sites for hydroxylation is 2. The van der Waals surface area contributed by atoms with Gasteiger partial charge >= 0.3 is 0 Å². The highest BCUT2D eigenvalue weighted by Gasteiger charge is 2.03. The summed E-state index contributed by atoms with van der Waals surface area (Å²) < 4.78 is 1.67. The fraction of sp³-hybridized carbons (Fsp3) is 0.286. The van der Waals surface area contributed by atoms with Crippen LogP contribution in [0.25, 0.3) is 10.9 Å². The zero-order chi connectivity index (χ0) is 12.3. The van der Waals surface area contributed by atoms with Crippen LogP contribution in [0.4, 0.5) is 0 Å². The van der Waals surface area contributed by atoms with Crippen molar-refractivity contribution in [2.45, 2.75) is 26.3 Å². The summed E-state index contributed by atoms with van der Waals surface area (Å²) >= 11 is 0. The van der Waals surface area contributed by atoms with E-state index in [1.165, 1.54) is 0 Å². The van der Waals surface area contributed by atoms with E-state index in [1.54, 1.807) is 10.9 Å². The number of nitrogens with zero attached hydrogens (tertiary/aromatic N) is 2. The molecule has 1 heterocycles. The monoisotopic (exact) mass is 228 g/mol. The van der Waals surface area contributed by atoms with Gasteiger partial charge < -0.3 is 0 Å². The summed E-state index contributed by atoms with van der Waals surface area (Å²) in [5.74, 6) is 0. The normalized spacial score (nSPS) is 10.6. The lowest BCUT2D eigenvalue weighted by atomic mass is 10.2. The Bertz CT molecular complexity index is 599. The molecule has 0 fully saturated rings. The Kier molecular flexibility index (Phi) is 3.38. The molecule has 0 bridgehead atoms. The number of rotatable bonds is 4. The molecule has 0 aliphatic heterocycles. The number of fused-ring (bicyclic) bond motifs is 1. The van der Waals surface area contributed by atoms with Crippen molar-refractivity contribution in [3.05, 3.63) is 53.1 Å². The van der Waals surface area contributed by atoms with Crippen LogP contribution in [0.2, 0.25) is 0 Å². The molecule has 0 atom stereocenters. The van der Waals surface area contributed by atoms with Crippen LogP contribution in [0.15, 0.2) is 42.0 Å². The average molecular weight is 228 g/mol. The van der Waals surface area contributed by atoms with Gasteiger partial charge in [-0.1, -0.05) is 17.7 Å². The van der Waals surface area contributed by atoms with Crippen LogP contribution in [0.3, 0.4) is 0 Å². The van der Waals surface area contributed by atoms with Gasteiger partial charge in [0.25, 0.3) is 5.56 Å². The third kappa shape index (κ3) is 2.44. The number of benzene rings is 1. The predicted molar refractivity (Wildman–Crippen MR) is 70.2 cm³/mol. The van der Waals surface area contributed by atoms with Crippen LogP contribution in [-0.2, 0) is 6.54 Å². The smallest absolute Gasteiger partial charge is 0.261 e. The lowest BCUT2D eigenvalue weighted by molar-refractivity contribution is 0.624. The first-order valence-corrected chi connectivity index (χ1v) is 5.79. The van der Waals surface area contributed by atoms with Gasteiger partial charge in [-0.3, -0.25) is 9.36 Å². The van der Waals surface area contributed by atoms with Gasteiger partial charge in [-0.25, -0.2) is 4.98 Å². The lowest BCUT2D eigenvalue weighted by Crippen LogP contribution is -2.20. The predicted octanol–water partition coefficient (Wildman–Crippen LogP) is 2.67. The van der Waals surface area contributed by atoms with Crippen LogP contribution in [0.5, 0.6) is 0 Å². The first kappa shape index (κ1) is 11.6. The quantitative estimate of drug-likeness (QED) is 0.595. The zero-order valence-corrected chi connectivity index (χ0v) is 10.0. The van der Waals surface area contributed by atoms with E-state index in [0.29, 0.717) is 11.9 Å². The first-order valence-electron chi connectivity index (χ1n) is 5.79. The number of allylic oxidation sites excluding steroid dienone is 1. The highest BCUT2D eigenvalue weighted by Crippen LogP contribution is 2.09. The highest BCUT2D eigenvalue weighted by molar-refractivity contribution is 5.77. The second-order valence-electron chi connectivity index (χ2n) is 4.19. The van der Waals surface area contributed by atoms with Crippen molar-refractivity contribution in [1.82, 2.24) is 9.55 Å². The molecule has 0 saturated heterocycles. The molecule has 1 aromatic heterocycles. The van der Waals surface area contributed by atoms with Gasteiger partial charge in [0, 0.05) is 6.54 Å². The minimum Gasteiger partial charge on any atom is -0.299 e. The molecule has 0 amide bonds. The standard InChI is InChI=1S/C14H16N2O/c1-3-4-5-8-16-10-15-13-7-6-11(2)9-12(13)14(16)17/h3,6-7,9-10H,1,4-5,8H2,2H3. The maximum absolute atomic E-state index is 12.2. The highest BCUT2D eigenvalue weighted by atomic mass is 16.1. The van der Waals surface area contributed by atoms with Gasteiger partial charge in [0.1, 0.15) is 0 Å². The van der Waals surface area contributed by atoms with Gasteiger partial charge in [-0.2, -0.15) is 0 Å². The largest absolute Gasteiger partial charge is 0.299 e. The molecular formula is C14H16N2O. The Balaban J connectivity index is 2.42. The maximum Gasteiger partial charge on any atom is 0.261 e. The SMILES string of the molecule is C=CCCCn1cnc2ccc(C)cc2c1=O. The summed E-state index contributed by atoms with van der Waals surface area (Å²) in [7, 11) is 0. The first-order chi connectivity index (χ1) is 8.22. The van der Waals surface area contributed by atoms with Gasteiger partial charge in [0.05, 0.1) is 17.2 Å². The van der Waals surface area contributed by atoms with Crippen molar-refractivity contribution < 1.29 is 0 Å². The summed E-state index contributed by atoms with van der Waals surface area (Å²) in [6.45, 7) is 6.35. The number of aromatic nitrogens is 2. The topological polar surface area (TPSA) is 34.9 Å². The van der Waals surface area contributed by atoms with Crippen molar-refractivity contribution in [2.75, 3.05) is 0 Å². The second-order valence-corrected chi connectivity index (χ2v) is 4.19. The Hall–Kier alpha value is -1.90. The van der Waals surface area contributed by atoms with E-state index in [2.05, 4.69) is 11.6 Å². The summed E-state index contributed by atoms with van der Waals surface area (Å²) in [5.41, 5.74) is 1.89. The van der Waals surface area contributed by atoms with Gasteiger partial charge in [-0.05, 0) is 31.9 Å². The van der Waals surface area contributed by atoms with Crippen LogP contribution < -0.4 is 5.56 Å². The molecule has 2 aromatic rings. The van der Waals surface area contributed by atoms with E-state index in [4.69, 9.17) is 0 Å². The van der Waals surface area contributed by atoms with Crippen molar-refractivity contribution in [1.29, 1.82) is 0 Å². The zero-order valence-electron chi connectivity index (χ0n) is 10.0. The maximum atomic E-state index is 12.2. The lowest BCUT2D eigenvalue weighted by Gasteiger charge is -2.05. The summed E-state index contributed by atoms with van der Waals surface area (Å²) in [5, 5.41) is 0.700. The summed E-state index contributed by atoms with van der Waals surface area (Å²) in [6.07, 6.45) is 5.33. The van der Waals surface area contributed by atoms with Crippen LogP contribution in [0, 0.1) is 6.92 Å². The van der Waals surface area contributed by atoms with Crippen molar-refractivity contribution in [3.8, 4) is 0 Å². The number of hydrogen-bond donors (Lipinski definition) is 0. The molecule has 0 N–H and O–H groups in total. The molecule has 1 aromatic carbocycles. The number of hydrogen-bond acceptors (Lipinski definition) is 2. The molecule has 3 nitrogen and oxygen atoms in total. The van der Waals surface area contributed by atoms with Gasteiger partial charge in [0.2, 0.25) is 0 Å².